The van der Waals surface area contributed by atoms with Gasteiger partial charge in [0.2, 0.25) is 5.75 Å². The highest BCUT2D eigenvalue weighted by Gasteiger charge is 2.22. The van der Waals surface area contributed by atoms with Crippen LogP contribution in [-0.4, -0.2) is 10.4 Å². The van der Waals surface area contributed by atoms with Crippen molar-refractivity contribution >= 4 is 38.6 Å². The van der Waals surface area contributed by atoms with E-state index in [1.54, 1.807) is 0 Å². The molecule has 0 bridgehead atoms. The molecule has 1 rings (SSSR count). The Labute approximate surface area is 98.3 Å². The van der Waals surface area contributed by atoms with E-state index in [-0.39, 0.29) is 11.4 Å². The predicted molar refractivity (Wildman–Crippen MR) is 57.4 cm³/mol. The van der Waals surface area contributed by atoms with E-state index < -0.39 is 10.4 Å². The van der Waals surface area contributed by atoms with Gasteiger partial charge in [0.05, 0.1) is 4.92 Å². The molecule has 0 heterocycles. The van der Waals surface area contributed by atoms with Crippen molar-refractivity contribution < 1.29 is 14.5 Å². The van der Waals surface area contributed by atoms with Gasteiger partial charge < -0.3 is 4.74 Å². The number of hydrogen-bond acceptors (Lipinski definition) is 4. The number of nitro groups is 1. The van der Waals surface area contributed by atoms with Crippen LogP contribution < -0.4 is 4.74 Å². The number of halogens is 2. The largest absolute Gasteiger partial charge is 0.409 e. The molecule has 1 aromatic rings. The number of hydrogen-bond donors (Lipinski definition) is 0. The molecule has 0 amide bonds. The number of carbonyl (C=O) groups excluding carboxylic acids is 1. The molecular formula is C8H5BrClNO4. The zero-order chi connectivity index (χ0) is 11.6. The Morgan fingerprint density at radius 2 is 2.20 bits per heavy atom. The Morgan fingerprint density at radius 3 is 2.67 bits per heavy atom. The van der Waals surface area contributed by atoms with E-state index >= 15 is 0 Å². The summed E-state index contributed by atoms with van der Waals surface area (Å²) in [6.07, 6.45) is 0. The Balaban J connectivity index is 3.33. The zero-order valence-corrected chi connectivity index (χ0v) is 9.83. The van der Waals surface area contributed by atoms with Crippen LogP contribution in [0.25, 0.3) is 0 Å². The normalized spacial score (nSPS) is 9.80. The van der Waals surface area contributed by atoms with E-state index in [0.29, 0.717) is 10.0 Å². The third kappa shape index (κ3) is 2.66. The van der Waals surface area contributed by atoms with Crippen LogP contribution in [0.3, 0.4) is 0 Å². The van der Waals surface area contributed by atoms with Crippen LogP contribution in [0.4, 0.5) is 10.5 Å². The lowest BCUT2D eigenvalue weighted by molar-refractivity contribution is -0.386. The van der Waals surface area contributed by atoms with E-state index in [4.69, 9.17) is 11.6 Å². The fourth-order valence-electron chi connectivity index (χ4n) is 1.05. The average Bonchev–Trinajstić information content (AvgIpc) is 2.10. The molecule has 0 aliphatic heterocycles. The van der Waals surface area contributed by atoms with Crippen molar-refractivity contribution in [3.05, 3.63) is 32.3 Å². The van der Waals surface area contributed by atoms with Crippen LogP contribution in [0.1, 0.15) is 5.56 Å². The second kappa shape index (κ2) is 4.59. The van der Waals surface area contributed by atoms with Crippen molar-refractivity contribution in [2.24, 2.45) is 0 Å². The second-order valence-corrected chi connectivity index (χ2v) is 3.78. The highest BCUT2D eigenvalue weighted by Crippen LogP contribution is 2.35. The highest BCUT2D eigenvalue weighted by atomic mass is 79.9. The first-order chi connectivity index (χ1) is 6.93. The van der Waals surface area contributed by atoms with Gasteiger partial charge in [0.1, 0.15) is 0 Å². The molecule has 1 aromatic carbocycles. The molecule has 0 unspecified atom stereocenters. The molecule has 0 aliphatic rings. The summed E-state index contributed by atoms with van der Waals surface area (Å²) in [7, 11) is 0. The van der Waals surface area contributed by atoms with Crippen molar-refractivity contribution in [2.45, 2.75) is 6.92 Å². The molecule has 0 saturated heterocycles. The van der Waals surface area contributed by atoms with Gasteiger partial charge >= 0.3 is 11.1 Å². The topological polar surface area (TPSA) is 69.4 Å². The van der Waals surface area contributed by atoms with Gasteiger partial charge in [-0.1, -0.05) is 15.9 Å². The van der Waals surface area contributed by atoms with E-state index in [0.717, 1.165) is 0 Å². The zero-order valence-electron chi connectivity index (χ0n) is 7.49. The molecule has 0 atom stereocenters. The quantitative estimate of drug-likeness (QED) is 0.476. The number of nitrogens with zero attached hydrogens (tertiary/aromatic N) is 1. The molecule has 0 saturated carbocycles. The van der Waals surface area contributed by atoms with Gasteiger partial charge in [0.15, 0.2) is 0 Å². The van der Waals surface area contributed by atoms with Crippen LogP contribution >= 0.6 is 27.5 Å². The first-order valence-corrected chi connectivity index (χ1v) is 4.91. The lowest BCUT2D eigenvalue weighted by Crippen LogP contribution is -2.02. The second-order valence-electron chi connectivity index (χ2n) is 2.62. The lowest BCUT2D eigenvalue weighted by Gasteiger charge is -2.05. The van der Waals surface area contributed by atoms with Crippen LogP contribution in [0.15, 0.2) is 16.6 Å². The first-order valence-electron chi connectivity index (χ1n) is 3.74. The summed E-state index contributed by atoms with van der Waals surface area (Å²) in [6.45, 7) is 1.54. The Morgan fingerprint density at radius 1 is 1.60 bits per heavy atom. The van der Waals surface area contributed by atoms with E-state index in [1.165, 1.54) is 19.1 Å². The third-order valence-corrected chi connectivity index (χ3v) is 2.64. The van der Waals surface area contributed by atoms with Gasteiger partial charge in [0.25, 0.3) is 0 Å². The van der Waals surface area contributed by atoms with E-state index in [2.05, 4.69) is 20.7 Å². The number of benzene rings is 1. The molecule has 0 N–H and O–H groups in total. The maximum absolute atomic E-state index is 10.7. The molecule has 80 valence electrons. The van der Waals surface area contributed by atoms with Crippen molar-refractivity contribution in [1.29, 1.82) is 0 Å². The van der Waals surface area contributed by atoms with Gasteiger partial charge in [-0.2, -0.15) is 0 Å². The summed E-state index contributed by atoms with van der Waals surface area (Å²) in [4.78, 5) is 20.6. The van der Waals surface area contributed by atoms with Crippen LogP contribution in [0, 0.1) is 17.0 Å². The van der Waals surface area contributed by atoms with Gasteiger partial charge in [-0.25, -0.2) is 4.79 Å². The SMILES string of the molecule is Cc1c(Br)ccc(OC(=O)Cl)c1[N+](=O)[O-]. The van der Waals surface area contributed by atoms with Crippen molar-refractivity contribution in [1.82, 2.24) is 0 Å². The minimum Gasteiger partial charge on any atom is -0.407 e. The number of nitro benzene ring substituents is 1. The predicted octanol–water partition coefficient (Wildman–Crippen LogP) is 3.40. The van der Waals surface area contributed by atoms with Gasteiger partial charge in [-0.15, -0.1) is 0 Å². The van der Waals surface area contributed by atoms with Crippen LogP contribution in [-0.2, 0) is 0 Å². The minimum absolute atomic E-state index is 0.166. The van der Waals surface area contributed by atoms with Crippen molar-refractivity contribution in [3.63, 3.8) is 0 Å². The molecule has 0 aromatic heterocycles. The molecule has 15 heavy (non-hydrogen) atoms. The monoisotopic (exact) mass is 293 g/mol. The molecule has 0 fully saturated rings. The Kier molecular flexibility index (Phi) is 3.65. The average molecular weight is 294 g/mol. The fraction of sp³-hybridized carbons (Fsp3) is 0.125. The standard InChI is InChI=1S/C8H5BrClNO4/c1-4-5(9)2-3-6(15-8(10)12)7(4)11(13)14/h2-3H,1H3. The summed E-state index contributed by atoms with van der Waals surface area (Å²) >= 11 is 8.12. The summed E-state index contributed by atoms with van der Waals surface area (Å²) in [5.41, 5.74) is -1.02. The lowest BCUT2D eigenvalue weighted by atomic mass is 10.2. The summed E-state index contributed by atoms with van der Waals surface area (Å²) in [5.74, 6) is -0.166. The van der Waals surface area contributed by atoms with E-state index in [1.807, 2.05) is 0 Å². The molecule has 5 nitrogen and oxygen atoms in total. The Bertz CT molecular complexity index is 435. The molecule has 0 spiro atoms. The summed E-state index contributed by atoms with van der Waals surface area (Å²) < 4.78 is 5.07. The van der Waals surface area contributed by atoms with Gasteiger partial charge in [0, 0.05) is 21.6 Å². The molecule has 0 radical (unpaired) electrons. The minimum atomic E-state index is -1.11. The number of rotatable bonds is 2. The summed E-state index contributed by atoms with van der Waals surface area (Å²) in [6, 6.07) is 2.84. The van der Waals surface area contributed by atoms with Gasteiger partial charge in [-0.3, -0.25) is 10.1 Å². The highest BCUT2D eigenvalue weighted by molar-refractivity contribution is 9.10. The first kappa shape index (κ1) is 11.9. The van der Waals surface area contributed by atoms with Gasteiger partial charge in [-0.05, 0) is 19.1 Å². The van der Waals surface area contributed by atoms with Crippen molar-refractivity contribution in [2.75, 3.05) is 0 Å². The smallest absolute Gasteiger partial charge is 0.407 e. The number of ether oxygens (including phenoxy) is 1. The fourth-order valence-corrected chi connectivity index (χ4v) is 1.45. The number of carbonyl (C=O) groups is 1. The van der Waals surface area contributed by atoms with Crippen LogP contribution in [0.2, 0.25) is 0 Å². The summed E-state index contributed by atoms with van der Waals surface area (Å²) in [5, 5.41) is 10.7. The maximum Gasteiger partial charge on any atom is 0.409 e. The molecule has 7 heteroatoms. The van der Waals surface area contributed by atoms with E-state index in [9.17, 15) is 14.9 Å². The van der Waals surface area contributed by atoms with Crippen LogP contribution in [0.5, 0.6) is 5.75 Å². The molecular weight excluding hydrogens is 289 g/mol. The Hall–Kier alpha value is -1.14. The maximum atomic E-state index is 10.7. The third-order valence-electron chi connectivity index (χ3n) is 1.70. The molecule has 0 aliphatic carbocycles. The van der Waals surface area contributed by atoms with Crippen molar-refractivity contribution in [3.8, 4) is 5.75 Å².